The molecule has 2 nitrogen and oxygen atoms in total. The van der Waals surface area contributed by atoms with Gasteiger partial charge >= 0.3 is 0 Å². The number of rotatable bonds is 6. The first-order valence-corrected chi connectivity index (χ1v) is 8.35. The summed E-state index contributed by atoms with van der Waals surface area (Å²) in [6, 6.07) is 0.557. The van der Waals surface area contributed by atoms with Crippen LogP contribution in [0.5, 0.6) is 0 Å². The van der Waals surface area contributed by atoms with E-state index in [0.717, 1.165) is 6.42 Å². The van der Waals surface area contributed by atoms with Gasteiger partial charge in [0.15, 0.2) is 0 Å². The zero-order chi connectivity index (χ0) is 12.9. The molecule has 0 spiro atoms. The zero-order valence-corrected chi connectivity index (χ0v) is 13.2. The maximum Gasteiger partial charge on any atom is 0.0944 e. The summed E-state index contributed by atoms with van der Waals surface area (Å²) in [5.74, 6) is 1.21. The van der Waals surface area contributed by atoms with Gasteiger partial charge in [-0.15, -0.1) is 11.3 Å². The van der Waals surface area contributed by atoms with Crippen LogP contribution in [0.25, 0.3) is 0 Å². The van der Waals surface area contributed by atoms with Gasteiger partial charge in [-0.05, 0) is 25.5 Å². The third-order valence-electron chi connectivity index (χ3n) is 2.82. The van der Waals surface area contributed by atoms with Gasteiger partial charge in [-0.25, -0.2) is 4.98 Å². The topological polar surface area (TPSA) is 24.9 Å². The number of likely N-dealkylation sites (N-methyl/N-ethyl adjacent to an activating group) is 1. The Bertz CT molecular complexity index is 328. The average molecular weight is 272 g/mol. The Labute approximate surface area is 114 Å². The van der Waals surface area contributed by atoms with Crippen LogP contribution in [0.1, 0.15) is 37.9 Å². The third kappa shape index (κ3) is 4.98. The fourth-order valence-corrected chi connectivity index (χ4v) is 3.19. The molecular weight excluding hydrogens is 248 g/mol. The average Bonchev–Trinajstić information content (AvgIpc) is 2.72. The first-order chi connectivity index (χ1) is 7.97. The lowest BCUT2D eigenvalue weighted by atomic mass is 9.93. The number of hydrogen-bond acceptors (Lipinski definition) is 4. The fraction of sp³-hybridized carbons (Fsp3) is 0.769. The van der Waals surface area contributed by atoms with Crippen molar-refractivity contribution in [2.24, 2.45) is 0 Å². The number of thiazole rings is 1. The van der Waals surface area contributed by atoms with E-state index in [2.05, 4.69) is 37.7 Å². The normalized spacial score (nSPS) is 13.9. The number of thioether (sulfide) groups is 1. The summed E-state index contributed by atoms with van der Waals surface area (Å²) in [7, 11) is 2.04. The second-order valence-electron chi connectivity index (χ2n) is 5.35. The Morgan fingerprint density at radius 3 is 2.65 bits per heavy atom. The summed E-state index contributed by atoms with van der Waals surface area (Å²) < 4.78 is 0. The molecule has 1 unspecified atom stereocenters. The van der Waals surface area contributed by atoms with E-state index in [1.165, 1.54) is 22.9 Å². The molecule has 1 rings (SSSR count). The predicted octanol–water partition coefficient (Wildman–Crippen LogP) is 3.32. The van der Waals surface area contributed by atoms with Gasteiger partial charge in [0, 0.05) is 23.3 Å². The highest BCUT2D eigenvalue weighted by Crippen LogP contribution is 2.24. The van der Waals surface area contributed by atoms with Gasteiger partial charge in [0.2, 0.25) is 0 Å². The largest absolute Gasteiger partial charge is 0.317 e. The second-order valence-corrected chi connectivity index (χ2v) is 7.28. The molecule has 17 heavy (non-hydrogen) atoms. The van der Waals surface area contributed by atoms with E-state index < -0.39 is 0 Å². The first kappa shape index (κ1) is 15.0. The van der Waals surface area contributed by atoms with Crippen LogP contribution in [0.15, 0.2) is 5.38 Å². The van der Waals surface area contributed by atoms with Crippen molar-refractivity contribution >= 4 is 23.1 Å². The van der Waals surface area contributed by atoms with Crippen molar-refractivity contribution in [3.05, 3.63) is 16.1 Å². The van der Waals surface area contributed by atoms with E-state index in [4.69, 9.17) is 4.98 Å². The van der Waals surface area contributed by atoms with Crippen molar-refractivity contribution in [2.75, 3.05) is 19.1 Å². The minimum Gasteiger partial charge on any atom is -0.317 e. The number of nitrogens with zero attached hydrogens (tertiary/aromatic N) is 1. The van der Waals surface area contributed by atoms with E-state index >= 15 is 0 Å². The molecule has 98 valence electrons. The van der Waals surface area contributed by atoms with Gasteiger partial charge in [-0.2, -0.15) is 11.8 Å². The van der Waals surface area contributed by atoms with Crippen LogP contribution in [-0.4, -0.2) is 30.1 Å². The Balaban J connectivity index is 2.58. The van der Waals surface area contributed by atoms with E-state index in [0.29, 0.717) is 6.04 Å². The van der Waals surface area contributed by atoms with Gasteiger partial charge < -0.3 is 5.32 Å². The lowest BCUT2D eigenvalue weighted by Gasteiger charge is -2.15. The van der Waals surface area contributed by atoms with Crippen LogP contribution in [0.4, 0.5) is 0 Å². The van der Waals surface area contributed by atoms with Crippen LogP contribution in [-0.2, 0) is 11.8 Å². The van der Waals surface area contributed by atoms with Crippen molar-refractivity contribution in [3.63, 3.8) is 0 Å². The number of aromatic nitrogens is 1. The molecule has 0 aromatic carbocycles. The van der Waals surface area contributed by atoms with E-state index in [1.54, 1.807) is 11.3 Å². The van der Waals surface area contributed by atoms with Crippen molar-refractivity contribution in [2.45, 2.75) is 45.1 Å². The lowest BCUT2D eigenvalue weighted by Crippen LogP contribution is -2.28. The molecule has 1 atom stereocenters. The molecule has 0 aliphatic carbocycles. The van der Waals surface area contributed by atoms with Gasteiger partial charge in [0.25, 0.3) is 0 Å². The molecule has 0 saturated heterocycles. The monoisotopic (exact) mass is 272 g/mol. The number of hydrogen-bond donors (Lipinski definition) is 1. The SMILES string of the molecule is CNC(CCSC)Cc1nc(C(C)(C)C)cs1. The molecule has 1 N–H and O–H groups in total. The predicted molar refractivity (Wildman–Crippen MR) is 80.4 cm³/mol. The molecule has 0 aliphatic rings. The highest BCUT2D eigenvalue weighted by atomic mass is 32.2. The highest BCUT2D eigenvalue weighted by molar-refractivity contribution is 7.98. The summed E-state index contributed by atoms with van der Waals surface area (Å²) in [4.78, 5) is 4.75. The standard InChI is InChI=1S/C13H24N2S2/c1-13(2,3)11-9-17-12(15-11)8-10(14-4)6-7-16-5/h9-10,14H,6-8H2,1-5H3. The number of nitrogens with one attached hydrogen (secondary N) is 1. The van der Waals surface area contributed by atoms with E-state index in [1.807, 2.05) is 18.8 Å². The van der Waals surface area contributed by atoms with Crippen LogP contribution < -0.4 is 5.32 Å². The maximum atomic E-state index is 4.75. The Kier molecular flexibility index (Phi) is 5.97. The summed E-state index contributed by atoms with van der Waals surface area (Å²) in [5, 5.41) is 6.85. The Morgan fingerprint density at radius 2 is 2.18 bits per heavy atom. The Morgan fingerprint density at radius 1 is 1.47 bits per heavy atom. The summed E-state index contributed by atoms with van der Waals surface area (Å²) >= 11 is 3.70. The Hall–Kier alpha value is -0.0600. The van der Waals surface area contributed by atoms with Gasteiger partial charge in [0.1, 0.15) is 0 Å². The van der Waals surface area contributed by atoms with Crippen LogP contribution in [0.2, 0.25) is 0 Å². The highest BCUT2D eigenvalue weighted by Gasteiger charge is 2.18. The summed E-state index contributed by atoms with van der Waals surface area (Å²) in [6.45, 7) is 6.65. The minimum atomic E-state index is 0.170. The smallest absolute Gasteiger partial charge is 0.0944 e. The van der Waals surface area contributed by atoms with E-state index in [-0.39, 0.29) is 5.41 Å². The van der Waals surface area contributed by atoms with Gasteiger partial charge in [0.05, 0.1) is 10.7 Å². The molecule has 4 heteroatoms. The molecule has 1 heterocycles. The molecule has 0 fully saturated rings. The van der Waals surface area contributed by atoms with Crippen LogP contribution >= 0.6 is 23.1 Å². The molecule has 0 bridgehead atoms. The van der Waals surface area contributed by atoms with Gasteiger partial charge in [-0.3, -0.25) is 0 Å². The molecule has 1 aromatic heterocycles. The van der Waals surface area contributed by atoms with Crippen LogP contribution in [0, 0.1) is 0 Å². The van der Waals surface area contributed by atoms with E-state index in [9.17, 15) is 0 Å². The molecule has 0 aliphatic heterocycles. The van der Waals surface area contributed by atoms with Gasteiger partial charge in [-0.1, -0.05) is 20.8 Å². The molecule has 0 saturated carbocycles. The quantitative estimate of drug-likeness (QED) is 0.860. The second kappa shape index (κ2) is 6.76. The molecule has 0 radical (unpaired) electrons. The van der Waals surface area contributed by atoms with Crippen molar-refractivity contribution in [1.29, 1.82) is 0 Å². The lowest BCUT2D eigenvalue weighted by molar-refractivity contribution is 0.537. The maximum absolute atomic E-state index is 4.75. The van der Waals surface area contributed by atoms with Crippen LogP contribution in [0.3, 0.4) is 0 Å². The summed E-state index contributed by atoms with van der Waals surface area (Å²) in [5.41, 5.74) is 1.39. The summed E-state index contributed by atoms with van der Waals surface area (Å²) in [6.07, 6.45) is 4.42. The minimum absolute atomic E-state index is 0.170. The third-order valence-corrected chi connectivity index (χ3v) is 4.33. The molecule has 0 amide bonds. The fourth-order valence-electron chi connectivity index (χ4n) is 1.57. The zero-order valence-electron chi connectivity index (χ0n) is 11.5. The van der Waals surface area contributed by atoms with Crippen molar-refractivity contribution in [3.8, 4) is 0 Å². The van der Waals surface area contributed by atoms with Crippen molar-refractivity contribution < 1.29 is 0 Å². The molecular formula is C13H24N2S2. The molecule has 1 aromatic rings. The first-order valence-electron chi connectivity index (χ1n) is 6.08. The van der Waals surface area contributed by atoms with Crippen molar-refractivity contribution in [1.82, 2.24) is 10.3 Å².